The number of benzene rings is 1. The van der Waals surface area contributed by atoms with Crippen molar-refractivity contribution in [1.82, 2.24) is 5.32 Å². The fraction of sp³-hybridized carbons (Fsp3) is 0.385. The molecule has 1 rings (SSSR count). The van der Waals surface area contributed by atoms with Crippen LogP contribution in [0.3, 0.4) is 0 Å². The molecule has 0 aliphatic rings. The summed E-state index contributed by atoms with van der Waals surface area (Å²) < 4.78 is 0. The van der Waals surface area contributed by atoms with E-state index in [0.717, 1.165) is 25.1 Å². The zero-order valence-electron chi connectivity index (χ0n) is 8.93. The molecule has 0 aliphatic heterocycles. The molecule has 1 heteroatoms. The Balaban J connectivity index is 2.53. The van der Waals surface area contributed by atoms with Gasteiger partial charge in [0.1, 0.15) is 0 Å². The molecule has 0 aliphatic carbocycles. The van der Waals surface area contributed by atoms with Crippen LogP contribution in [-0.4, -0.2) is 13.1 Å². The van der Waals surface area contributed by atoms with E-state index in [1.54, 1.807) is 0 Å². The van der Waals surface area contributed by atoms with Crippen molar-refractivity contribution in [1.29, 1.82) is 0 Å². The second-order valence-corrected chi connectivity index (χ2v) is 3.13. The van der Waals surface area contributed by atoms with E-state index in [4.69, 9.17) is 0 Å². The maximum Gasteiger partial charge on any atom is 0.0580 e. The Morgan fingerprint density at radius 2 is 1.86 bits per heavy atom. The molecule has 0 atom stereocenters. The highest BCUT2D eigenvalue weighted by atomic mass is 14.8. The second-order valence-electron chi connectivity index (χ2n) is 3.13. The molecule has 0 saturated heterocycles. The monoisotopic (exact) mass is 187 g/mol. The van der Waals surface area contributed by atoms with Crippen LogP contribution in [0.1, 0.15) is 25.0 Å². The van der Waals surface area contributed by atoms with Crippen molar-refractivity contribution in [3.05, 3.63) is 35.4 Å². The third kappa shape index (κ3) is 3.64. The smallest absolute Gasteiger partial charge is 0.0580 e. The first-order chi connectivity index (χ1) is 6.86. The Kier molecular flexibility index (Phi) is 4.82. The molecule has 0 aromatic heterocycles. The minimum atomic E-state index is 0.770. The van der Waals surface area contributed by atoms with E-state index in [9.17, 15) is 0 Å². The van der Waals surface area contributed by atoms with Crippen LogP contribution in [0.25, 0.3) is 0 Å². The highest BCUT2D eigenvalue weighted by Gasteiger charge is 1.88. The predicted octanol–water partition coefficient (Wildman–Crippen LogP) is 2.21. The van der Waals surface area contributed by atoms with Crippen LogP contribution in [0.15, 0.2) is 24.3 Å². The molecule has 0 amide bonds. The van der Waals surface area contributed by atoms with Gasteiger partial charge in [-0.15, -0.1) is 0 Å². The van der Waals surface area contributed by atoms with E-state index in [-0.39, 0.29) is 0 Å². The molecular weight excluding hydrogens is 170 g/mol. The van der Waals surface area contributed by atoms with Gasteiger partial charge in [-0.3, -0.25) is 0 Å². The first-order valence-corrected chi connectivity index (χ1v) is 5.15. The standard InChI is InChI=1S/C13H17N/c1-3-12-7-9-13(10-8-12)6-5-11-14-4-2/h7-10,14H,3-4,11H2,1-2H3. The van der Waals surface area contributed by atoms with E-state index in [2.05, 4.69) is 55.3 Å². The van der Waals surface area contributed by atoms with Gasteiger partial charge in [0.25, 0.3) is 0 Å². The van der Waals surface area contributed by atoms with Crippen molar-refractivity contribution in [2.45, 2.75) is 20.3 Å². The Morgan fingerprint density at radius 1 is 1.14 bits per heavy atom. The van der Waals surface area contributed by atoms with Gasteiger partial charge in [0.05, 0.1) is 6.54 Å². The quantitative estimate of drug-likeness (QED) is 0.565. The Labute approximate surface area is 86.5 Å². The van der Waals surface area contributed by atoms with Gasteiger partial charge in [0.2, 0.25) is 0 Å². The van der Waals surface area contributed by atoms with Crippen LogP contribution >= 0.6 is 0 Å². The van der Waals surface area contributed by atoms with Gasteiger partial charge in [-0.25, -0.2) is 0 Å². The number of nitrogens with one attached hydrogen (secondary N) is 1. The Bertz CT molecular complexity index is 313. The first kappa shape index (κ1) is 10.8. The van der Waals surface area contributed by atoms with Crippen molar-refractivity contribution in [2.75, 3.05) is 13.1 Å². The fourth-order valence-corrected chi connectivity index (χ4v) is 1.16. The lowest BCUT2D eigenvalue weighted by molar-refractivity contribution is 0.811. The summed E-state index contributed by atoms with van der Waals surface area (Å²) in [6.45, 7) is 5.99. The maximum atomic E-state index is 3.17. The summed E-state index contributed by atoms with van der Waals surface area (Å²) in [6, 6.07) is 8.43. The van der Waals surface area contributed by atoms with Crippen molar-refractivity contribution in [3.8, 4) is 11.8 Å². The summed E-state index contributed by atoms with van der Waals surface area (Å²) in [5, 5.41) is 3.17. The second kappa shape index (κ2) is 6.23. The zero-order chi connectivity index (χ0) is 10.2. The third-order valence-corrected chi connectivity index (χ3v) is 2.06. The van der Waals surface area contributed by atoms with Gasteiger partial charge in [-0.2, -0.15) is 0 Å². The lowest BCUT2D eigenvalue weighted by atomic mass is 10.1. The maximum absolute atomic E-state index is 3.17. The Morgan fingerprint density at radius 3 is 2.43 bits per heavy atom. The molecule has 1 nitrogen and oxygen atoms in total. The number of hydrogen-bond donors (Lipinski definition) is 1. The van der Waals surface area contributed by atoms with E-state index in [1.165, 1.54) is 5.56 Å². The highest BCUT2D eigenvalue weighted by molar-refractivity contribution is 5.36. The van der Waals surface area contributed by atoms with Crippen LogP contribution < -0.4 is 5.32 Å². The molecule has 0 bridgehead atoms. The normalized spacial score (nSPS) is 9.29. The van der Waals surface area contributed by atoms with Gasteiger partial charge in [-0.05, 0) is 30.7 Å². The van der Waals surface area contributed by atoms with E-state index in [0.29, 0.717) is 0 Å². The van der Waals surface area contributed by atoms with Gasteiger partial charge in [0.15, 0.2) is 0 Å². The van der Waals surface area contributed by atoms with Crippen molar-refractivity contribution >= 4 is 0 Å². The predicted molar refractivity (Wildman–Crippen MR) is 61.2 cm³/mol. The average Bonchev–Trinajstić information content (AvgIpc) is 2.25. The van der Waals surface area contributed by atoms with E-state index >= 15 is 0 Å². The lowest BCUT2D eigenvalue weighted by Gasteiger charge is -1.95. The minimum Gasteiger partial charge on any atom is -0.306 e. The molecule has 1 aromatic rings. The molecule has 0 radical (unpaired) electrons. The van der Waals surface area contributed by atoms with Gasteiger partial charge < -0.3 is 5.32 Å². The molecule has 0 heterocycles. The van der Waals surface area contributed by atoms with Crippen LogP contribution in [0.4, 0.5) is 0 Å². The summed E-state index contributed by atoms with van der Waals surface area (Å²) in [6.07, 6.45) is 1.09. The molecule has 14 heavy (non-hydrogen) atoms. The van der Waals surface area contributed by atoms with Gasteiger partial charge in [0, 0.05) is 5.56 Å². The van der Waals surface area contributed by atoms with Crippen molar-refractivity contribution in [3.63, 3.8) is 0 Å². The molecule has 1 aromatic carbocycles. The zero-order valence-corrected chi connectivity index (χ0v) is 8.93. The summed E-state index contributed by atoms with van der Waals surface area (Å²) in [5.41, 5.74) is 2.46. The Hall–Kier alpha value is -1.26. The summed E-state index contributed by atoms with van der Waals surface area (Å²) >= 11 is 0. The van der Waals surface area contributed by atoms with Crippen LogP contribution in [-0.2, 0) is 6.42 Å². The van der Waals surface area contributed by atoms with Gasteiger partial charge in [-0.1, -0.05) is 37.8 Å². The molecule has 0 fully saturated rings. The van der Waals surface area contributed by atoms with Crippen LogP contribution in [0.5, 0.6) is 0 Å². The molecule has 0 saturated carbocycles. The van der Waals surface area contributed by atoms with Crippen LogP contribution in [0, 0.1) is 11.8 Å². The number of rotatable bonds is 3. The van der Waals surface area contributed by atoms with Crippen molar-refractivity contribution < 1.29 is 0 Å². The number of aryl methyl sites for hydroxylation is 1. The topological polar surface area (TPSA) is 12.0 Å². The highest BCUT2D eigenvalue weighted by Crippen LogP contribution is 2.03. The summed E-state index contributed by atoms with van der Waals surface area (Å²) in [4.78, 5) is 0. The SMILES string of the molecule is CCNCC#Cc1ccc(CC)cc1. The summed E-state index contributed by atoms with van der Waals surface area (Å²) in [5.74, 6) is 6.20. The average molecular weight is 187 g/mol. The molecule has 0 spiro atoms. The lowest BCUT2D eigenvalue weighted by Crippen LogP contribution is -2.11. The molecule has 74 valence electrons. The van der Waals surface area contributed by atoms with Gasteiger partial charge >= 0.3 is 0 Å². The van der Waals surface area contributed by atoms with Crippen molar-refractivity contribution in [2.24, 2.45) is 0 Å². The largest absolute Gasteiger partial charge is 0.306 e. The van der Waals surface area contributed by atoms with Crippen LogP contribution in [0.2, 0.25) is 0 Å². The first-order valence-electron chi connectivity index (χ1n) is 5.15. The third-order valence-electron chi connectivity index (χ3n) is 2.06. The molecular formula is C13H17N. The molecule has 0 unspecified atom stereocenters. The number of hydrogen-bond acceptors (Lipinski definition) is 1. The fourth-order valence-electron chi connectivity index (χ4n) is 1.16. The summed E-state index contributed by atoms with van der Waals surface area (Å²) in [7, 11) is 0. The minimum absolute atomic E-state index is 0.770. The van der Waals surface area contributed by atoms with E-state index < -0.39 is 0 Å². The van der Waals surface area contributed by atoms with E-state index in [1.807, 2.05) is 0 Å². The molecule has 1 N–H and O–H groups in total.